The van der Waals surface area contributed by atoms with E-state index in [1.807, 2.05) is 24.3 Å². The van der Waals surface area contributed by atoms with Crippen molar-refractivity contribution < 1.29 is 4.42 Å². The van der Waals surface area contributed by atoms with Crippen LogP contribution in [0.3, 0.4) is 0 Å². The molecule has 0 fully saturated rings. The maximum Gasteiger partial charge on any atom is 0.136 e. The molecule has 0 radical (unpaired) electrons. The first kappa shape index (κ1) is 7.96. The number of para-hydroxylation sites is 1. The van der Waals surface area contributed by atoms with Crippen molar-refractivity contribution in [3.8, 4) is 0 Å². The standard InChI is InChI=1S/C9H6Cl2O/c10-9(11)7-5-12-8-4-2-1-3-6(7)8/h1-5,9H. The monoisotopic (exact) mass is 200 g/mol. The van der Waals surface area contributed by atoms with E-state index in [4.69, 9.17) is 27.6 Å². The molecule has 0 aliphatic rings. The number of furan rings is 1. The summed E-state index contributed by atoms with van der Waals surface area (Å²) in [6.45, 7) is 0. The van der Waals surface area contributed by atoms with Gasteiger partial charge in [-0.05, 0) is 6.07 Å². The lowest BCUT2D eigenvalue weighted by atomic mass is 10.2. The second kappa shape index (κ2) is 3.00. The van der Waals surface area contributed by atoms with Crippen LogP contribution < -0.4 is 0 Å². The predicted octanol–water partition coefficient (Wildman–Crippen LogP) is 3.91. The Morgan fingerprint density at radius 1 is 1.17 bits per heavy atom. The second-order valence-corrected chi connectivity index (χ2v) is 3.58. The molecular formula is C9H6Cl2O. The molecule has 0 saturated heterocycles. The van der Waals surface area contributed by atoms with Crippen molar-refractivity contribution in [3.63, 3.8) is 0 Å². The van der Waals surface area contributed by atoms with Crippen LogP contribution >= 0.6 is 23.2 Å². The highest BCUT2D eigenvalue weighted by Crippen LogP contribution is 2.32. The summed E-state index contributed by atoms with van der Waals surface area (Å²) in [5, 5.41) is 0.979. The SMILES string of the molecule is ClC(Cl)c1coc2ccccc12. The van der Waals surface area contributed by atoms with Crippen molar-refractivity contribution in [1.29, 1.82) is 0 Å². The van der Waals surface area contributed by atoms with Crippen molar-refractivity contribution >= 4 is 34.2 Å². The molecule has 12 heavy (non-hydrogen) atoms. The van der Waals surface area contributed by atoms with Gasteiger partial charge in [0, 0.05) is 10.9 Å². The van der Waals surface area contributed by atoms with Crippen LogP contribution in [-0.2, 0) is 0 Å². The predicted molar refractivity (Wildman–Crippen MR) is 50.7 cm³/mol. The fraction of sp³-hybridized carbons (Fsp3) is 0.111. The Hall–Kier alpha value is -0.660. The van der Waals surface area contributed by atoms with Crippen LogP contribution in [-0.4, -0.2) is 0 Å². The molecule has 0 N–H and O–H groups in total. The van der Waals surface area contributed by atoms with E-state index in [2.05, 4.69) is 0 Å². The minimum Gasteiger partial charge on any atom is -0.464 e. The minimum atomic E-state index is -0.520. The molecule has 2 rings (SSSR count). The van der Waals surface area contributed by atoms with Gasteiger partial charge in [-0.1, -0.05) is 41.4 Å². The van der Waals surface area contributed by atoms with Crippen LogP contribution in [0, 0.1) is 0 Å². The molecular weight excluding hydrogens is 195 g/mol. The van der Waals surface area contributed by atoms with Gasteiger partial charge in [-0.3, -0.25) is 0 Å². The van der Waals surface area contributed by atoms with Gasteiger partial charge in [0.05, 0.1) is 6.26 Å². The number of halogens is 2. The molecule has 0 aliphatic heterocycles. The lowest BCUT2D eigenvalue weighted by Gasteiger charge is -1.94. The highest BCUT2D eigenvalue weighted by molar-refractivity contribution is 6.44. The molecule has 0 unspecified atom stereocenters. The lowest BCUT2D eigenvalue weighted by Crippen LogP contribution is -1.75. The summed E-state index contributed by atoms with van der Waals surface area (Å²) < 4.78 is 5.24. The average molecular weight is 201 g/mol. The van der Waals surface area contributed by atoms with Crippen molar-refractivity contribution in [1.82, 2.24) is 0 Å². The van der Waals surface area contributed by atoms with Gasteiger partial charge in [0.25, 0.3) is 0 Å². The van der Waals surface area contributed by atoms with E-state index in [1.165, 1.54) is 0 Å². The van der Waals surface area contributed by atoms with Crippen molar-refractivity contribution in [3.05, 3.63) is 36.1 Å². The van der Waals surface area contributed by atoms with Crippen molar-refractivity contribution in [2.24, 2.45) is 0 Å². The third-order valence-electron chi connectivity index (χ3n) is 1.75. The van der Waals surface area contributed by atoms with Gasteiger partial charge in [-0.25, -0.2) is 0 Å². The third-order valence-corrected chi connectivity index (χ3v) is 2.22. The Bertz CT molecular complexity index is 392. The van der Waals surface area contributed by atoms with Crippen molar-refractivity contribution in [2.45, 2.75) is 4.84 Å². The van der Waals surface area contributed by atoms with E-state index in [0.717, 1.165) is 16.5 Å². The fourth-order valence-corrected chi connectivity index (χ4v) is 1.51. The van der Waals surface area contributed by atoms with Crippen LogP contribution in [0.4, 0.5) is 0 Å². The molecule has 0 amide bonds. The lowest BCUT2D eigenvalue weighted by molar-refractivity contribution is 0.612. The van der Waals surface area contributed by atoms with E-state index in [0.29, 0.717) is 0 Å². The van der Waals surface area contributed by atoms with Gasteiger partial charge < -0.3 is 4.42 Å². The Kier molecular flexibility index (Phi) is 1.99. The molecule has 1 heterocycles. The number of alkyl halides is 2. The molecule has 2 aromatic rings. The topological polar surface area (TPSA) is 13.1 Å². The van der Waals surface area contributed by atoms with Crippen LogP contribution in [0.15, 0.2) is 34.9 Å². The fourth-order valence-electron chi connectivity index (χ4n) is 1.17. The molecule has 62 valence electrons. The highest BCUT2D eigenvalue weighted by atomic mass is 35.5. The molecule has 3 heteroatoms. The summed E-state index contributed by atoms with van der Waals surface area (Å²) >= 11 is 11.5. The van der Waals surface area contributed by atoms with Crippen LogP contribution in [0.1, 0.15) is 10.4 Å². The maximum atomic E-state index is 5.73. The first-order valence-corrected chi connectivity index (χ1v) is 4.40. The van der Waals surface area contributed by atoms with E-state index in [-0.39, 0.29) is 0 Å². The smallest absolute Gasteiger partial charge is 0.136 e. The summed E-state index contributed by atoms with van der Waals surface area (Å²) in [6.07, 6.45) is 1.59. The number of hydrogen-bond acceptors (Lipinski definition) is 1. The van der Waals surface area contributed by atoms with Crippen molar-refractivity contribution in [2.75, 3.05) is 0 Å². The Labute approximate surface area is 79.9 Å². The molecule has 0 atom stereocenters. The number of hydrogen-bond donors (Lipinski definition) is 0. The Balaban J connectivity index is 2.70. The van der Waals surface area contributed by atoms with Crippen LogP contribution in [0.25, 0.3) is 11.0 Å². The van der Waals surface area contributed by atoms with Gasteiger partial charge in [0.2, 0.25) is 0 Å². The summed E-state index contributed by atoms with van der Waals surface area (Å²) in [6, 6.07) is 7.66. The zero-order valence-corrected chi connectivity index (χ0v) is 7.64. The summed E-state index contributed by atoms with van der Waals surface area (Å²) in [4.78, 5) is -0.520. The number of benzene rings is 1. The number of rotatable bonds is 1. The summed E-state index contributed by atoms with van der Waals surface area (Å²) in [5.74, 6) is 0. The summed E-state index contributed by atoms with van der Waals surface area (Å²) in [5.41, 5.74) is 1.65. The van der Waals surface area contributed by atoms with E-state index >= 15 is 0 Å². The summed E-state index contributed by atoms with van der Waals surface area (Å²) in [7, 11) is 0. The minimum absolute atomic E-state index is 0.520. The Morgan fingerprint density at radius 2 is 1.92 bits per heavy atom. The molecule has 0 bridgehead atoms. The van der Waals surface area contributed by atoms with Crippen LogP contribution in [0.2, 0.25) is 0 Å². The second-order valence-electron chi connectivity index (χ2n) is 2.49. The third kappa shape index (κ3) is 1.19. The van der Waals surface area contributed by atoms with E-state index in [9.17, 15) is 0 Å². The normalized spacial score (nSPS) is 11.2. The quantitative estimate of drug-likeness (QED) is 0.637. The molecule has 0 aliphatic carbocycles. The van der Waals surface area contributed by atoms with E-state index in [1.54, 1.807) is 6.26 Å². The maximum absolute atomic E-state index is 5.73. The van der Waals surface area contributed by atoms with Gasteiger partial charge in [0.15, 0.2) is 0 Å². The van der Waals surface area contributed by atoms with Gasteiger partial charge >= 0.3 is 0 Å². The molecule has 1 nitrogen and oxygen atoms in total. The first-order chi connectivity index (χ1) is 5.79. The van der Waals surface area contributed by atoms with Gasteiger partial charge in [0.1, 0.15) is 10.4 Å². The average Bonchev–Trinajstić information content (AvgIpc) is 2.47. The zero-order chi connectivity index (χ0) is 8.55. The van der Waals surface area contributed by atoms with E-state index < -0.39 is 4.84 Å². The van der Waals surface area contributed by atoms with Gasteiger partial charge in [-0.15, -0.1) is 0 Å². The Morgan fingerprint density at radius 3 is 2.67 bits per heavy atom. The number of fused-ring (bicyclic) bond motifs is 1. The molecule has 0 spiro atoms. The van der Waals surface area contributed by atoms with Gasteiger partial charge in [-0.2, -0.15) is 0 Å². The molecule has 0 saturated carbocycles. The van der Waals surface area contributed by atoms with Crippen LogP contribution in [0.5, 0.6) is 0 Å². The largest absolute Gasteiger partial charge is 0.464 e. The molecule has 1 aromatic heterocycles. The highest BCUT2D eigenvalue weighted by Gasteiger charge is 2.10. The first-order valence-electron chi connectivity index (χ1n) is 3.53. The zero-order valence-electron chi connectivity index (χ0n) is 6.13. The molecule has 1 aromatic carbocycles.